The minimum absolute atomic E-state index is 0.290. The average molecular weight is 325 g/mol. The van der Waals surface area contributed by atoms with Crippen LogP contribution in [0, 0.1) is 13.8 Å². The second-order valence-corrected chi connectivity index (χ2v) is 5.08. The maximum absolute atomic E-state index is 12.1. The molecule has 0 aliphatic carbocycles. The molecule has 0 aliphatic rings. The van der Waals surface area contributed by atoms with Crippen molar-refractivity contribution in [1.82, 2.24) is 10.2 Å². The lowest BCUT2D eigenvalue weighted by Gasteiger charge is -2.11. The standard InChI is InChI=1S/C13H13BrN2O3/c1-7-4-5-10(14)6-11(7)13(17)18-8(2)12-16-15-9(3)19-12/h4-6,8H,1-3H3/t8-/m1/s1. The Labute approximate surface area is 119 Å². The van der Waals surface area contributed by atoms with Gasteiger partial charge in [-0.15, -0.1) is 10.2 Å². The Morgan fingerprint density at radius 2 is 2.11 bits per heavy atom. The minimum atomic E-state index is -0.577. The monoisotopic (exact) mass is 324 g/mol. The van der Waals surface area contributed by atoms with Gasteiger partial charge in [-0.2, -0.15) is 0 Å². The molecular formula is C13H13BrN2O3. The number of hydrogen-bond acceptors (Lipinski definition) is 5. The zero-order valence-corrected chi connectivity index (χ0v) is 12.4. The SMILES string of the molecule is Cc1nnc([C@@H](C)OC(=O)c2cc(Br)ccc2C)o1. The molecule has 0 amide bonds. The molecule has 100 valence electrons. The van der Waals surface area contributed by atoms with Gasteiger partial charge in [0.15, 0.2) is 6.10 Å². The lowest BCUT2D eigenvalue weighted by molar-refractivity contribution is 0.0276. The first kappa shape index (κ1) is 13.7. The van der Waals surface area contributed by atoms with Gasteiger partial charge in [0.2, 0.25) is 5.89 Å². The van der Waals surface area contributed by atoms with Gasteiger partial charge in [0.1, 0.15) is 0 Å². The van der Waals surface area contributed by atoms with Crippen molar-refractivity contribution in [3.05, 3.63) is 45.6 Å². The number of carbonyl (C=O) groups is 1. The first-order valence-corrected chi connectivity index (χ1v) is 6.54. The molecule has 1 heterocycles. The third kappa shape index (κ3) is 3.20. The smallest absolute Gasteiger partial charge is 0.339 e. The lowest BCUT2D eigenvalue weighted by Crippen LogP contribution is -2.11. The highest BCUT2D eigenvalue weighted by Gasteiger charge is 2.19. The molecular weight excluding hydrogens is 312 g/mol. The Bertz CT molecular complexity index is 610. The third-order valence-corrected chi connectivity index (χ3v) is 3.09. The second kappa shape index (κ2) is 5.52. The number of rotatable bonds is 3. The van der Waals surface area contributed by atoms with Crippen LogP contribution in [-0.4, -0.2) is 16.2 Å². The van der Waals surface area contributed by atoms with E-state index < -0.39 is 12.1 Å². The van der Waals surface area contributed by atoms with E-state index in [0.29, 0.717) is 17.3 Å². The van der Waals surface area contributed by atoms with Gasteiger partial charge in [0.05, 0.1) is 5.56 Å². The highest BCUT2D eigenvalue weighted by molar-refractivity contribution is 9.10. The number of aryl methyl sites for hydroxylation is 2. The fraction of sp³-hybridized carbons (Fsp3) is 0.308. The molecule has 6 heteroatoms. The van der Waals surface area contributed by atoms with E-state index in [9.17, 15) is 4.79 Å². The number of nitrogens with zero attached hydrogens (tertiary/aromatic N) is 2. The van der Waals surface area contributed by atoms with E-state index in [2.05, 4.69) is 26.1 Å². The Hall–Kier alpha value is -1.69. The quantitative estimate of drug-likeness (QED) is 0.810. The molecule has 0 saturated heterocycles. The largest absolute Gasteiger partial charge is 0.449 e. The van der Waals surface area contributed by atoms with Crippen molar-refractivity contribution in [3.8, 4) is 0 Å². The van der Waals surface area contributed by atoms with Crippen LogP contribution in [0.15, 0.2) is 27.1 Å². The molecule has 1 aromatic carbocycles. The molecule has 2 rings (SSSR count). The Balaban J connectivity index is 2.15. The number of carbonyl (C=O) groups excluding carboxylic acids is 1. The van der Waals surface area contributed by atoms with Crippen molar-refractivity contribution >= 4 is 21.9 Å². The van der Waals surface area contributed by atoms with Gasteiger partial charge in [-0.3, -0.25) is 0 Å². The van der Waals surface area contributed by atoms with Crippen LogP contribution in [0.2, 0.25) is 0 Å². The lowest BCUT2D eigenvalue weighted by atomic mass is 10.1. The maximum atomic E-state index is 12.1. The number of aromatic nitrogens is 2. The molecule has 0 spiro atoms. The van der Waals surface area contributed by atoms with Crippen LogP contribution in [0.25, 0.3) is 0 Å². The van der Waals surface area contributed by atoms with E-state index in [4.69, 9.17) is 9.15 Å². The van der Waals surface area contributed by atoms with Gasteiger partial charge in [0, 0.05) is 11.4 Å². The zero-order chi connectivity index (χ0) is 14.0. The van der Waals surface area contributed by atoms with Gasteiger partial charge < -0.3 is 9.15 Å². The number of esters is 1. The van der Waals surface area contributed by atoms with Crippen LogP contribution in [0.3, 0.4) is 0 Å². The number of ether oxygens (including phenoxy) is 1. The summed E-state index contributed by atoms with van der Waals surface area (Å²) in [6.07, 6.45) is -0.577. The molecule has 0 saturated carbocycles. The van der Waals surface area contributed by atoms with Crippen molar-refractivity contribution < 1.29 is 13.9 Å². The van der Waals surface area contributed by atoms with Crippen LogP contribution in [-0.2, 0) is 4.74 Å². The first-order chi connectivity index (χ1) is 8.97. The van der Waals surface area contributed by atoms with Crippen LogP contribution in [0.5, 0.6) is 0 Å². The predicted molar refractivity (Wildman–Crippen MR) is 71.7 cm³/mol. The molecule has 0 unspecified atom stereocenters. The minimum Gasteiger partial charge on any atom is -0.449 e. The molecule has 19 heavy (non-hydrogen) atoms. The van der Waals surface area contributed by atoms with E-state index in [1.807, 2.05) is 19.1 Å². The van der Waals surface area contributed by atoms with Crippen LogP contribution < -0.4 is 0 Å². The van der Waals surface area contributed by atoms with E-state index in [1.165, 1.54) is 0 Å². The fourth-order valence-electron chi connectivity index (χ4n) is 1.56. The topological polar surface area (TPSA) is 65.2 Å². The molecule has 1 aromatic heterocycles. The predicted octanol–water partition coefficient (Wildman–Crippen LogP) is 3.37. The highest BCUT2D eigenvalue weighted by Crippen LogP contribution is 2.21. The van der Waals surface area contributed by atoms with Crippen molar-refractivity contribution in [1.29, 1.82) is 0 Å². The molecule has 0 bridgehead atoms. The Morgan fingerprint density at radius 3 is 2.74 bits per heavy atom. The number of halogens is 1. The van der Waals surface area contributed by atoms with Crippen molar-refractivity contribution in [2.45, 2.75) is 26.9 Å². The van der Waals surface area contributed by atoms with Gasteiger partial charge in [-0.05, 0) is 31.5 Å². The maximum Gasteiger partial charge on any atom is 0.339 e. The summed E-state index contributed by atoms with van der Waals surface area (Å²) in [6.45, 7) is 5.23. The summed E-state index contributed by atoms with van der Waals surface area (Å²) < 4.78 is 11.4. The van der Waals surface area contributed by atoms with E-state index in [0.717, 1.165) is 10.0 Å². The molecule has 0 aliphatic heterocycles. The third-order valence-electron chi connectivity index (χ3n) is 2.59. The summed E-state index contributed by atoms with van der Waals surface area (Å²) in [5, 5.41) is 7.53. The van der Waals surface area contributed by atoms with Gasteiger partial charge in [-0.1, -0.05) is 22.0 Å². The number of benzene rings is 1. The summed E-state index contributed by atoms with van der Waals surface area (Å²) >= 11 is 3.33. The molecule has 2 aromatic rings. The summed E-state index contributed by atoms with van der Waals surface area (Å²) in [6, 6.07) is 5.45. The Kier molecular flexibility index (Phi) is 3.99. The average Bonchev–Trinajstić information content (AvgIpc) is 2.79. The van der Waals surface area contributed by atoms with Gasteiger partial charge >= 0.3 is 5.97 Å². The normalized spacial score (nSPS) is 12.2. The van der Waals surface area contributed by atoms with E-state index in [1.54, 1.807) is 19.9 Å². The van der Waals surface area contributed by atoms with E-state index in [-0.39, 0.29) is 0 Å². The van der Waals surface area contributed by atoms with Gasteiger partial charge in [0.25, 0.3) is 5.89 Å². The fourth-order valence-corrected chi connectivity index (χ4v) is 1.93. The molecule has 5 nitrogen and oxygen atoms in total. The first-order valence-electron chi connectivity index (χ1n) is 5.74. The highest BCUT2D eigenvalue weighted by atomic mass is 79.9. The summed E-state index contributed by atoms with van der Waals surface area (Å²) in [5.41, 5.74) is 1.36. The van der Waals surface area contributed by atoms with Gasteiger partial charge in [-0.25, -0.2) is 4.79 Å². The van der Waals surface area contributed by atoms with Crippen molar-refractivity contribution in [2.75, 3.05) is 0 Å². The van der Waals surface area contributed by atoms with Crippen LogP contribution >= 0.6 is 15.9 Å². The van der Waals surface area contributed by atoms with Crippen LogP contribution in [0.1, 0.15) is 40.7 Å². The molecule has 0 N–H and O–H groups in total. The number of hydrogen-bond donors (Lipinski definition) is 0. The van der Waals surface area contributed by atoms with E-state index >= 15 is 0 Å². The molecule has 0 radical (unpaired) electrons. The van der Waals surface area contributed by atoms with Crippen molar-refractivity contribution in [3.63, 3.8) is 0 Å². The van der Waals surface area contributed by atoms with Crippen molar-refractivity contribution in [2.24, 2.45) is 0 Å². The molecule has 0 fully saturated rings. The molecule has 1 atom stereocenters. The Morgan fingerprint density at radius 1 is 1.37 bits per heavy atom. The summed E-state index contributed by atoms with van der Waals surface area (Å²) in [4.78, 5) is 12.1. The summed E-state index contributed by atoms with van der Waals surface area (Å²) in [5.74, 6) is 0.317. The van der Waals surface area contributed by atoms with Crippen LogP contribution in [0.4, 0.5) is 0 Å². The zero-order valence-electron chi connectivity index (χ0n) is 10.8. The second-order valence-electron chi connectivity index (χ2n) is 4.17. The summed E-state index contributed by atoms with van der Waals surface area (Å²) in [7, 11) is 0.